The molecule has 2 N–H and O–H groups in total. The highest BCUT2D eigenvalue weighted by Crippen LogP contribution is 2.49. The van der Waals surface area contributed by atoms with Gasteiger partial charge in [-0.25, -0.2) is 4.79 Å². The van der Waals surface area contributed by atoms with E-state index < -0.39 is 23.5 Å². The summed E-state index contributed by atoms with van der Waals surface area (Å²) in [5, 5.41) is 12.9. The zero-order chi connectivity index (χ0) is 29.3. The summed E-state index contributed by atoms with van der Waals surface area (Å²) in [6.07, 6.45) is 1.58. The molecule has 8 nitrogen and oxygen atoms in total. The fourth-order valence-corrected chi connectivity index (χ4v) is 7.27. The summed E-state index contributed by atoms with van der Waals surface area (Å²) >= 11 is 0. The van der Waals surface area contributed by atoms with Crippen LogP contribution in [0.5, 0.6) is 0 Å². The van der Waals surface area contributed by atoms with Gasteiger partial charge in [-0.05, 0) is 53.6 Å². The van der Waals surface area contributed by atoms with Crippen LogP contribution in [0.25, 0.3) is 11.1 Å². The van der Waals surface area contributed by atoms with Crippen LogP contribution in [0.15, 0.2) is 78.9 Å². The first-order chi connectivity index (χ1) is 20.4. The third-order valence-electron chi connectivity index (χ3n) is 9.33. The maximum absolute atomic E-state index is 13.9. The number of alkyl carbamates (subject to hydrolysis) is 1. The van der Waals surface area contributed by atoms with Gasteiger partial charge in [-0.3, -0.25) is 14.5 Å². The molecular weight excluding hydrogens is 530 g/mol. The number of nitrogens with zero attached hydrogens (tertiary/aromatic N) is 2. The molecule has 8 heteroatoms. The molecule has 3 unspecified atom stereocenters. The Bertz CT molecular complexity index is 1430. The van der Waals surface area contributed by atoms with E-state index in [0.717, 1.165) is 40.7 Å². The first-order valence-electron chi connectivity index (χ1n) is 14.7. The maximum Gasteiger partial charge on any atom is 0.407 e. The molecule has 1 aliphatic heterocycles. The molecular formula is C34H37N3O5. The number of amides is 2. The van der Waals surface area contributed by atoms with Gasteiger partial charge in [-0.2, -0.15) is 0 Å². The predicted octanol–water partition coefficient (Wildman–Crippen LogP) is 4.74. The summed E-state index contributed by atoms with van der Waals surface area (Å²) in [7, 11) is 1.91. The van der Waals surface area contributed by atoms with Gasteiger partial charge >= 0.3 is 12.1 Å². The zero-order valence-corrected chi connectivity index (χ0v) is 23.9. The van der Waals surface area contributed by atoms with Crippen LogP contribution < -0.4 is 5.32 Å². The van der Waals surface area contributed by atoms with Crippen molar-refractivity contribution in [3.05, 3.63) is 95.6 Å². The van der Waals surface area contributed by atoms with E-state index in [1.54, 1.807) is 4.90 Å². The lowest BCUT2D eigenvalue weighted by Crippen LogP contribution is -2.53. The van der Waals surface area contributed by atoms with E-state index >= 15 is 0 Å². The summed E-state index contributed by atoms with van der Waals surface area (Å²) in [5.74, 6) is -1.25. The number of fused-ring (bicyclic) bond motifs is 4. The molecule has 1 saturated heterocycles. The van der Waals surface area contributed by atoms with E-state index in [1.165, 1.54) is 0 Å². The smallest absolute Gasteiger partial charge is 0.407 e. The second kappa shape index (κ2) is 11.6. The van der Waals surface area contributed by atoms with Crippen LogP contribution >= 0.6 is 0 Å². The van der Waals surface area contributed by atoms with Crippen molar-refractivity contribution in [3.8, 4) is 11.1 Å². The Kier molecular flexibility index (Phi) is 7.73. The third kappa shape index (κ3) is 5.27. The van der Waals surface area contributed by atoms with E-state index in [1.807, 2.05) is 66.5 Å². The van der Waals surface area contributed by atoms with E-state index in [0.29, 0.717) is 19.5 Å². The number of carboxylic acids is 1. The number of carboxylic acid groups (broad SMARTS) is 1. The summed E-state index contributed by atoms with van der Waals surface area (Å²) in [6.45, 7) is 1.58. The highest BCUT2D eigenvalue weighted by atomic mass is 16.5. The molecule has 218 valence electrons. The van der Waals surface area contributed by atoms with Crippen molar-refractivity contribution in [2.45, 2.75) is 37.8 Å². The van der Waals surface area contributed by atoms with Crippen LogP contribution in [0, 0.1) is 11.3 Å². The van der Waals surface area contributed by atoms with Gasteiger partial charge in [0.25, 0.3) is 0 Å². The van der Waals surface area contributed by atoms with Crippen LogP contribution in [-0.2, 0) is 20.9 Å². The van der Waals surface area contributed by atoms with Crippen LogP contribution in [0.4, 0.5) is 4.79 Å². The van der Waals surface area contributed by atoms with Crippen LogP contribution in [0.3, 0.4) is 0 Å². The minimum atomic E-state index is -0.889. The zero-order valence-electron chi connectivity index (χ0n) is 23.9. The Balaban J connectivity index is 1.16. The fourth-order valence-electron chi connectivity index (χ4n) is 7.27. The quantitative estimate of drug-likeness (QED) is 0.388. The highest BCUT2D eigenvalue weighted by molar-refractivity contribution is 5.88. The van der Waals surface area contributed by atoms with Gasteiger partial charge in [0.15, 0.2) is 0 Å². The van der Waals surface area contributed by atoms with Crippen molar-refractivity contribution in [1.82, 2.24) is 15.1 Å². The molecule has 2 fully saturated rings. The summed E-state index contributed by atoms with van der Waals surface area (Å²) in [4.78, 5) is 43.0. The number of ether oxygens (including phenoxy) is 1. The van der Waals surface area contributed by atoms with Crippen LogP contribution in [-0.4, -0.2) is 72.2 Å². The molecule has 0 radical (unpaired) electrons. The van der Waals surface area contributed by atoms with Crippen molar-refractivity contribution in [3.63, 3.8) is 0 Å². The SMILES string of the molecule is CN(Cc1ccccc1)CC(NC(=O)OCC1c2ccccc2-c2ccccc21)C(=O)N1CC2CCCC2(C(=O)O)C1. The van der Waals surface area contributed by atoms with E-state index in [-0.39, 0.29) is 37.4 Å². The molecule has 42 heavy (non-hydrogen) atoms. The Labute approximate surface area is 246 Å². The molecule has 1 saturated carbocycles. The molecule has 0 spiro atoms. The molecule has 6 rings (SSSR count). The topological polar surface area (TPSA) is 99.2 Å². The number of carbonyl (C=O) groups is 3. The largest absolute Gasteiger partial charge is 0.481 e. The lowest BCUT2D eigenvalue weighted by atomic mass is 9.81. The maximum atomic E-state index is 13.9. The van der Waals surface area contributed by atoms with Crippen molar-refractivity contribution in [1.29, 1.82) is 0 Å². The average molecular weight is 568 g/mol. The monoisotopic (exact) mass is 567 g/mol. The highest BCUT2D eigenvalue weighted by Gasteiger charge is 2.56. The lowest BCUT2D eigenvalue weighted by Gasteiger charge is -2.29. The number of rotatable bonds is 9. The molecule has 3 atom stereocenters. The van der Waals surface area contributed by atoms with E-state index in [4.69, 9.17) is 4.74 Å². The Hall–Kier alpha value is -4.17. The first-order valence-corrected chi connectivity index (χ1v) is 14.7. The van der Waals surface area contributed by atoms with Gasteiger partial charge in [-0.15, -0.1) is 0 Å². The number of benzene rings is 3. The average Bonchev–Trinajstić information content (AvgIpc) is 3.66. The molecule has 3 aromatic carbocycles. The van der Waals surface area contributed by atoms with Gasteiger partial charge in [0.2, 0.25) is 5.91 Å². The fraction of sp³-hybridized carbons (Fsp3) is 0.382. The molecule has 1 heterocycles. The number of likely N-dealkylation sites (N-methyl/N-ethyl adjacent to an activating group) is 1. The molecule has 0 bridgehead atoms. The van der Waals surface area contributed by atoms with Crippen molar-refractivity contribution in [2.24, 2.45) is 11.3 Å². The molecule has 0 aromatic heterocycles. The van der Waals surface area contributed by atoms with Gasteiger partial charge in [-0.1, -0.05) is 85.3 Å². The van der Waals surface area contributed by atoms with E-state index in [9.17, 15) is 19.5 Å². The first kappa shape index (κ1) is 28.0. The number of nitrogens with one attached hydrogen (secondary N) is 1. The molecule has 2 amide bonds. The second-order valence-electron chi connectivity index (χ2n) is 12.0. The summed E-state index contributed by atoms with van der Waals surface area (Å²) in [5.41, 5.74) is 4.72. The standard InChI is InChI=1S/C34H37N3O5/c1-36(18-23-10-3-2-4-11-23)20-30(31(38)37-19-24-12-9-17-34(24,22-37)32(39)40)35-33(41)42-21-29-27-15-7-5-13-25(27)26-14-6-8-16-28(26)29/h2-8,10-11,13-16,24,29-30H,9,12,17-22H2,1H3,(H,35,41)(H,39,40). The van der Waals surface area contributed by atoms with E-state index in [2.05, 4.69) is 29.6 Å². The Morgan fingerprint density at radius 1 is 1.00 bits per heavy atom. The number of aliphatic carboxylic acids is 1. The lowest BCUT2D eigenvalue weighted by molar-refractivity contribution is -0.149. The number of likely N-dealkylation sites (tertiary alicyclic amines) is 1. The molecule has 2 aliphatic carbocycles. The molecule has 3 aliphatic rings. The van der Waals surface area contributed by atoms with Crippen molar-refractivity contribution in [2.75, 3.05) is 33.3 Å². The molecule has 3 aromatic rings. The van der Waals surface area contributed by atoms with Gasteiger partial charge in [0.1, 0.15) is 12.6 Å². The summed E-state index contributed by atoms with van der Waals surface area (Å²) < 4.78 is 5.78. The Morgan fingerprint density at radius 3 is 2.29 bits per heavy atom. The van der Waals surface area contributed by atoms with Gasteiger partial charge < -0.3 is 20.1 Å². The number of hydrogen-bond acceptors (Lipinski definition) is 5. The minimum Gasteiger partial charge on any atom is -0.481 e. The number of carbonyl (C=O) groups excluding carboxylic acids is 2. The third-order valence-corrected chi connectivity index (χ3v) is 9.33. The van der Waals surface area contributed by atoms with Gasteiger partial charge in [0.05, 0.1) is 5.41 Å². The van der Waals surface area contributed by atoms with Crippen molar-refractivity contribution < 1.29 is 24.2 Å². The van der Waals surface area contributed by atoms with Crippen molar-refractivity contribution >= 4 is 18.0 Å². The Morgan fingerprint density at radius 2 is 1.64 bits per heavy atom. The van der Waals surface area contributed by atoms with Crippen LogP contribution in [0.2, 0.25) is 0 Å². The normalized spacial score (nSPS) is 21.5. The second-order valence-corrected chi connectivity index (χ2v) is 12.0. The predicted molar refractivity (Wildman–Crippen MR) is 159 cm³/mol. The van der Waals surface area contributed by atoms with Gasteiger partial charge in [0, 0.05) is 32.1 Å². The number of hydrogen-bond donors (Lipinski definition) is 2. The minimum absolute atomic E-state index is 0.0592. The summed E-state index contributed by atoms with van der Waals surface area (Å²) in [6, 6.07) is 25.3. The van der Waals surface area contributed by atoms with Crippen LogP contribution in [0.1, 0.15) is 41.9 Å².